The van der Waals surface area contributed by atoms with Gasteiger partial charge in [0, 0.05) is 5.02 Å². The third-order valence-electron chi connectivity index (χ3n) is 3.42. The fraction of sp³-hybridized carbons (Fsp3) is 0.188. The van der Waals surface area contributed by atoms with E-state index in [1.807, 2.05) is 0 Å². The molecular weight excluding hydrogens is 398 g/mol. The minimum absolute atomic E-state index is 0.153. The van der Waals surface area contributed by atoms with Gasteiger partial charge < -0.3 is 13.7 Å². The van der Waals surface area contributed by atoms with E-state index in [0.717, 1.165) is 17.4 Å². The van der Waals surface area contributed by atoms with Crippen molar-refractivity contribution >= 4 is 50.9 Å². The van der Waals surface area contributed by atoms with Crippen molar-refractivity contribution in [3.63, 3.8) is 0 Å². The predicted molar refractivity (Wildman–Crippen MR) is 96.7 cm³/mol. The molecule has 0 N–H and O–H groups in total. The van der Waals surface area contributed by atoms with Crippen molar-refractivity contribution in [1.29, 1.82) is 0 Å². The van der Waals surface area contributed by atoms with Gasteiger partial charge in [0.1, 0.15) is 11.5 Å². The van der Waals surface area contributed by atoms with Crippen molar-refractivity contribution in [3.05, 3.63) is 56.0 Å². The van der Waals surface area contributed by atoms with Crippen LogP contribution >= 0.6 is 22.9 Å². The second-order valence-corrected chi connectivity index (χ2v) is 6.65. The number of nitro groups is 1. The Morgan fingerprint density at radius 2 is 2.15 bits per heavy atom. The van der Waals surface area contributed by atoms with E-state index in [2.05, 4.69) is 4.99 Å². The molecule has 0 saturated heterocycles. The van der Waals surface area contributed by atoms with Crippen molar-refractivity contribution in [3.8, 4) is 0 Å². The lowest BCUT2D eigenvalue weighted by Crippen LogP contribution is -2.23. The van der Waals surface area contributed by atoms with Crippen LogP contribution in [0.25, 0.3) is 10.2 Å². The molecule has 0 saturated carbocycles. The van der Waals surface area contributed by atoms with Gasteiger partial charge in [-0.2, -0.15) is 4.99 Å². The lowest BCUT2D eigenvalue weighted by Gasteiger charge is -2.04. The summed E-state index contributed by atoms with van der Waals surface area (Å²) in [5.74, 6) is -2.14. The Kier molecular flexibility index (Phi) is 5.38. The smallest absolute Gasteiger partial charge is 0.433 e. The molecule has 0 bridgehead atoms. The van der Waals surface area contributed by atoms with E-state index >= 15 is 0 Å². The highest BCUT2D eigenvalue weighted by Gasteiger charge is 2.18. The Hall–Kier alpha value is -2.98. The van der Waals surface area contributed by atoms with E-state index in [9.17, 15) is 19.7 Å². The van der Waals surface area contributed by atoms with Gasteiger partial charge in [-0.1, -0.05) is 22.9 Å². The average Bonchev–Trinajstić information content (AvgIpc) is 3.21. The van der Waals surface area contributed by atoms with Crippen LogP contribution in [-0.4, -0.2) is 28.0 Å². The van der Waals surface area contributed by atoms with Crippen LogP contribution < -0.4 is 4.80 Å². The van der Waals surface area contributed by atoms with Gasteiger partial charge in [-0.3, -0.25) is 19.7 Å². The number of carbonyl (C=O) groups excluding carboxylic acids is 2. The van der Waals surface area contributed by atoms with Gasteiger partial charge in [-0.05, 0) is 31.2 Å². The minimum atomic E-state index is -0.807. The van der Waals surface area contributed by atoms with Crippen molar-refractivity contribution in [2.75, 3.05) is 6.61 Å². The topological polar surface area (TPSA) is 117 Å². The van der Waals surface area contributed by atoms with Crippen LogP contribution in [0.5, 0.6) is 0 Å². The third kappa shape index (κ3) is 4.07. The Balaban J connectivity index is 2.07. The summed E-state index contributed by atoms with van der Waals surface area (Å²) in [5.41, 5.74) is 0.648. The molecule has 140 valence electrons. The number of carbonyl (C=O) groups is 2. The second kappa shape index (κ2) is 7.72. The van der Waals surface area contributed by atoms with Crippen LogP contribution in [-0.2, 0) is 16.1 Å². The van der Waals surface area contributed by atoms with Crippen LogP contribution in [0.3, 0.4) is 0 Å². The summed E-state index contributed by atoms with van der Waals surface area (Å²) in [7, 11) is 0. The molecule has 0 radical (unpaired) electrons. The number of aromatic nitrogens is 1. The Bertz CT molecular complexity index is 1110. The first-order valence-electron chi connectivity index (χ1n) is 7.67. The molecule has 1 amide bonds. The van der Waals surface area contributed by atoms with Gasteiger partial charge in [0.15, 0.2) is 4.80 Å². The minimum Gasteiger partial charge on any atom is -0.465 e. The van der Waals surface area contributed by atoms with Crippen molar-refractivity contribution < 1.29 is 23.7 Å². The number of hydrogen-bond donors (Lipinski definition) is 0. The Morgan fingerprint density at radius 3 is 2.81 bits per heavy atom. The molecule has 0 atom stereocenters. The summed E-state index contributed by atoms with van der Waals surface area (Å²) < 4.78 is 12.1. The number of esters is 1. The number of fused-ring (bicyclic) bond motifs is 1. The number of nitrogens with zero attached hydrogens (tertiary/aromatic N) is 3. The quantitative estimate of drug-likeness (QED) is 0.363. The molecule has 27 heavy (non-hydrogen) atoms. The highest BCUT2D eigenvalue weighted by molar-refractivity contribution is 7.16. The van der Waals surface area contributed by atoms with Gasteiger partial charge in [0.05, 0.1) is 22.9 Å². The maximum absolute atomic E-state index is 12.3. The standard InChI is InChI=1S/C16H12ClN3O6S/c1-2-25-14(21)8-19-10-4-3-9(17)7-12(10)27-16(19)18-15(22)11-5-6-13(26-11)20(23)24/h3-7H,2,8H2,1H3. The molecule has 2 heterocycles. The van der Waals surface area contributed by atoms with Crippen LogP contribution in [0.15, 0.2) is 39.7 Å². The lowest BCUT2D eigenvalue weighted by atomic mass is 10.3. The van der Waals surface area contributed by atoms with Gasteiger partial charge in [0.2, 0.25) is 5.76 Å². The maximum Gasteiger partial charge on any atom is 0.433 e. The summed E-state index contributed by atoms with van der Waals surface area (Å²) in [5, 5.41) is 11.2. The summed E-state index contributed by atoms with van der Waals surface area (Å²) in [4.78, 5) is 38.4. The molecular formula is C16H12ClN3O6S. The van der Waals surface area contributed by atoms with Gasteiger partial charge in [-0.15, -0.1) is 0 Å². The number of ether oxygens (including phenoxy) is 1. The van der Waals surface area contributed by atoms with Crippen LogP contribution in [0.2, 0.25) is 5.02 Å². The first-order chi connectivity index (χ1) is 12.9. The van der Waals surface area contributed by atoms with E-state index in [4.69, 9.17) is 20.8 Å². The molecule has 0 aliphatic carbocycles. The Labute approximate surface area is 160 Å². The molecule has 0 fully saturated rings. The molecule has 9 nitrogen and oxygen atoms in total. The van der Waals surface area contributed by atoms with Gasteiger partial charge in [0.25, 0.3) is 0 Å². The molecule has 2 aromatic heterocycles. The van der Waals surface area contributed by atoms with E-state index in [-0.39, 0.29) is 23.7 Å². The number of furan rings is 1. The summed E-state index contributed by atoms with van der Waals surface area (Å²) >= 11 is 7.14. The van der Waals surface area contributed by atoms with E-state index in [1.165, 1.54) is 10.6 Å². The van der Waals surface area contributed by atoms with E-state index < -0.39 is 22.7 Å². The zero-order valence-electron chi connectivity index (χ0n) is 13.9. The summed E-state index contributed by atoms with van der Waals surface area (Å²) in [6.07, 6.45) is 0. The van der Waals surface area contributed by atoms with Crippen molar-refractivity contribution in [2.45, 2.75) is 13.5 Å². The molecule has 0 unspecified atom stereocenters. The normalized spacial score (nSPS) is 11.7. The monoisotopic (exact) mass is 409 g/mol. The fourth-order valence-corrected chi connectivity index (χ4v) is 3.61. The van der Waals surface area contributed by atoms with Crippen LogP contribution in [0.1, 0.15) is 17.5 Å². The van der Waals surface area contributed by atoms with Gasteiger partial charge >= 0.3 is 17.8 Å². The largest absolute Gasteiger partial charge is 0.465 e. The maximum atomic E-state index is 12.3. The van der Waals surface area contributed by atoms with E-state index in [0.29, 0.717) is 15.2 Å². The van der Waals surface area contributed by atoms with Crippen molar-refractivity contribution in [1.82, 2.24) is 4.57 Å². The molecule has 0 aliphatic rings. The zero-order valence-corrected chi connectivity index (χ0v) is 15.5. The number of rotatable bonds is 5. The third-order valence-corrected chi connectivity index (χ3v) is 4.69. The number of amides is 1. The van der Waals surface area contributed by atoms with Crippen LogP contribution in [0, 0.1) is 10.1 Å². The molecule has 3 rings (SSSR count). The summed E-state index contributed by atoms with van der Waals surface area (Å²) in [6.45, 7) is 1.75. The zero-order chi connectivity index (χ0) is 19.6. The highest BCUT2D eigenvalue weighted by Crippen LogP contribution is 2.22. The fourth-order valence-electron chi connectivity index (χ4n) is 2.30. The van der Waals surface area contributed by atoms with Crippen molar-refractivity contribution in [2.24, 2.45) is 4.99 Å². The molecule has 0 spiro atoms. The number of halogens is 1. The SMILES string of the molecule is CCOC(=O)Cn1c(=NC(=O)c2ccc([N+](=O)[O-])o2)sc2cc(Cl)ccc21. The molecule has 1 aromatic carbocycles. The number of hydrogen-bond acceptors (Lipinski definition) is 7. The highest BCUT2D eigenvalue weighted by atomic mass is 35.5. The first-order valence-corrected chi connectivity index (χ1v) is 8.86. The average molecular weight is 410 g/mol. The second-order valence-electron chi connectivity index (χ2n) is 5.20. The van der Waals surface area contributed by atoms with E-state index in [1.54, 1.807) is 25.1 Å². The Morgan fingerprint density at radius 1 is 1.37 bits per heavy atom. The lowest BCUT2D eigenvalue weighted by molar-refractivity contribution is -0.402. The first kappa shape index (κ1) is 18.8. The molecule has 3 aromatic rings. The summed E-state index contributed by atoms with van der Waals surface area (Å²) in [6, 6.07) is 7.28. The van der Waals surface area contributed by atoms with Gasteiger partial charge in [-0.25, -0.2) is 0 Å². The molecule has 11 heteroatoms. The molecule has 0 aliphatic heterocycles. The number of thiazole rings is 1. The number of benzene rings is 1. The van der Waals surface area contributed by atoms with Crippen LogP contribution in [0.4, 0.5) is 5.88 Å². The predicted octanol–water partition coefficient (Wildman–Crippen LogP) is 3.16.